The number of thioether (sulfide) groups is 1. The van der Waals surface area contributed by atoms with Crippen molar-refractivity contribution in [2.24, 2.45) is 0 Å². The summed E-state index contributed by atoms with van der Waals surface area (Å²) in [6.45, 7) is 0.920. The van der Waals surface area contributed by atoms with Gasteiger partial charge in [0.15, 0.2) is 5.82 Å². The predicted octanol–water partition coefficient (Wildman–Crippen LogP) is 2.40. The van der Waals surface area contributed by atoms with Gasteiger partial charge < -0.3 is 5.32 Å². The first-order valence-corrected chi connectivity index (χ1v) is 6.24. The number of nitrogens with one attached hydrogen (secondary N) is 1. The summed E-state index contributed by atoms with van der Waals surface area (Å²) in [4.78, 5) is 0. The molecular weight excluding hydrogens is 206 g/mol. The Morgan fingerprint density at radius 2 is 2.20 bits per heavy atom. The largest absolute Gasteiger partial charge is 0.367 e. The summed E-state index contributed by atoms with van der Waals surface area (Å²) in [7, 11) is 0. The number of benzene rings is 1. The van der Waals surface area contributed by atoms with Crippen molar-refractivity contribution in [1.29, 1.82) is 0 Å². The molecule has 0 atom stereocenters. The number of aromatic nitrogens is 2. The zero-order valence-electron chi connectivity index (χ0n) is 8.60. The second-order valence-corrected chi connectivity index (χ2v) is 4.19. The molecule has 0 amide bonds. The highest BCUT2D eigenvalue weighted by Gasteiger charge is 2.00. The van der Waals surface area contributed by atoms with E-state index in [1.807, 2.05) is 30.0 Å². The lowest BCUT2D eigenvalue weighted by molar-refractivity contribution is 1.03. The molecule has 1 aromatic carbocycles. The van der Waals surface area contributed by atoms with Crippen molar-refractivity contribution in [2.45, 2.75) is 0 Å². The normalized spacial score (nSPS) is 10.5. The molecule has 0 aliphatic carbocycles. The Kier molecular flexibility index (Phi) is 3.40. The molecule has 78 valence electrons. The molecular formula is C11H13N3S. The van der Waals surface area contributed by atoms with E-state index in [0.717, 1.165) is 28.9 Å². The minimum Gasteiger partial charge on any atom is -0.367 e. The second kappa shape index (κ2) is 4.98. The fourth-order valence-electron chi connectivity index (χ4n) is 1.43. The third-order valence-electron chi connectivity index (χ3n) is 2.17. The Labute approximate surface area is 93.3 Å². The Bertz CT molecular complexity index is 439. The van der Waals surface area contributed by atoms with Gasteiger partial charge in [0, 0.05) is 23.1 Å². The van der Waals surface area contributed by atoms with E-state index in [4.69, 9.17) is 0 Å². The molecule has 0 unspecified atom stereocenters. The molecule has 0 aliphatic heterocycles. The van der Waals surface area contributed by atoms with E-state index in [9.17, 15) is 0 Å². The summed E-state index contributed by atoms with van der Waals surface area (Å²) in [5, 5.41) is 13.6. The van der Waals surface area contributed by atoms with Gasteiger partial charge >= 0.3 is 0 Å². The predicted molar refractivity (Wildman–Crippen MR) is 66.4 cm³/mol. The molecule has 3 nitrogen and oxygen atoms in total. The highest BCUT2D eigenvalue weighted by Crippen LogP contribution is 2.18. The number of nitrogens with zero attached hydrogens (tertiary/aromatic N) is 2. The van der Waals surface area contributed by atoms with Gasteiger partial charge in [0.25, 0.3) is 0 Å². The van der Waals surface area contributed by atoms with Crippen molar-refractivity contribution in [3.05, 3.63) is 30.5 Å². The summed E-state index contributed by atoms with van der Waals surface area (Å²) in [6.07, 6.45) is 3.88. The average Bonchev–Trinajstić information content (AvgIpc) is 2.30. The highest BCUT2D eigenvalue weighted by atomic mass is 32.2. The van der Waals surface area contributed by atoms with Gasteiger partial charge in [0.05, 0.1) is 6.20 Å². The summed E-state index contributed by atoms with van der Waals surface area (Å²) in [5.74, 6) is 1.95. The van der Waals surface area contributed by atoms with Crippen molar-refractivity contribution in [3.63, 3.8) is 0 Å². The second-order valence-electron chi connectivity index (χ2n) is 3.20. The van der Waals surface area contributed by atoms with Crippen molar-refractivity contribution in [3.8, 4) is 0 Å². The van der Waals surface area contributed by atoms with Gasteiger partial charge in [-0.1, -0.05) is 24.3 Å². The molecule has 2 aromatic rings. The van der Waals surface area contributed by atoms with Crippen molar-refractivity contribution >= 4 is 28.4 Å². The van der Waals surface area contributed by atoms with Gasteiger partial charge in [-0.05, 0) is 6.26 Å². The summed E-state index contributed by atoms with van der Waals surface area (Å²) in [5.41, 5.74) is 0. The van der Waals surface area contributed by atoms with Crippen LogP contribution in [0.4, 0.5) is 5.82 Å². The van der Waals surface area contributed by atoms with Crippen LogP contribution in [0, 0.1) is 0 Å². The molecule has 1 heterocycles. The van der Waals surface area contributed by atoms with Crippen LogP contribution in [0.15, 0.2) is 30.5 Å². The van der Waals surface area contributed by atoms with Gasteiger partial charge in [0.2, 0.25) is 0 Å². The molecule has 0 spiro atoms. The average molecular weight is 219 g/mol. The maximum atomic E-state index is 4.11. The third kappa shape index (κ3) is 2.39. The standard InChI is InChI=1S/C11H13N3S/c1-15-7-6-12-11-10-5-3-2-4-9(10)8-13-14-11/h2-5,8H,6-7H2,1H3,(H,12,14). The van der Waals surface area contributed by atoms with E-state index in [1.165, 1.54) is 0 Å². The molecule has 0 fully saturated rings. The van der Waals surface area contributed by atoms with Gasteiger partial charge in [-0.2, -0.15) is 16.9 Å². The van der Waals surface area contributed by atoms with Crippen LogP contribution in [0.3, 0.4) is 0 Å². The Balaban J connectivity index is 2.26. The summed E-state index contributed by atoms with van der Waals surface area (Å²) >= 11 is 1.82. The van der Waals surface area contributed by atoms with Gasteiger partial charge in [0.1, 0.15) is 0 Å². The van der Waals surface area contributed by atoms with E-state index in [2.05, 4.69) is 27.8 Å². The maximum absolute atomic E-state index is 4.11. The Morgan fingerprint density at radius 1 is 1.33 bits per heavy atom. The van der Waals surface area contributed by atoms with Gasteiger partial charge in [-0.25, -0.2) is 0 Å². The highest BCUT2D eigenvalue weighted by molar-refractivity contribution is 7.98. The molecule has 2 rings (SSSR count). The first-order chi connectivity index (χ1) is 7.42. The van der Waals surface area contributed by atoms with Gasteiger partial charge in [-0.15, -0.1) is 5.10 Å². The number of hydrogen-bond acceptors (Lipinski definition) is 4. The zero-order chi connectivity index (χ0) is 10.5. The van der Waals surface area contributed by atoms with Crippen LogP contribution in [0.2, 0.25) is 0 Å². The first-order valence-electron chi connectivity index (χ1n) is 4.85. The molecule has 1 aromatic heterocycles. The summed E-state index contributed by atoms with van der Waals surface area (Å²) in [6, 6.07) is 8.13. The number of anilines is 1. The molecule has 0 saturated carbocycles. The van der Waals surface area contributed by atoms with E-state index >= 15 is 0 Å². The van der Waals surface area contributed by atoms with Crippen LogP contribution in [0.5, 0.6) is 0 Å². The number of fused-ring (bicyclic) bond motifs is 1. The Morgan fingerprint density at radius 3 is 3.07 bits per heavy atom. The molecule has 1 N–H and O–H groups in total. The molecule has 0 radical (unpaired) electrons. The zero-order valence-corrected chi connectivity index (χ0v) is 9.42. The SMILES string of the molecule is CSCCNc1nncc2ccccc12. The maximum Gasteiger partial charge on any atom is 0.156 e. The minimum atomic E-state index is 0.877. The van der Waals surface area contributed by atoms with Crippen LogP contribution >= 0.6 is 11.8 Å². The topological polar surface area (TPSA) is 37.8 Å². The molecule has 0 bridgehead atoms. The monoisotopic (exact) mass is 219 g/mol. The molecule has 4 heteroatoms. The van der Waals surface area contributed by atoms with Crippen molar-refractivity contribution in [1.82, 2.24) is 10.2 Å². The fraction of sp³-hybridized carbons (Fsp3) is 0.273. The number of rotatable bonds is 4. The van der Waals surface area contributed by atoms with E-state index in [-0.39, 0.29) is 0 Å². The molecule has 0 saturated heterocycles. The smallest absolute Gasteiger partial charge is 0.156 e. The van der Waals surface area contributed by atoms with Crippen molar-refractivity contribution < 1.29 is 0 Å². The van der Waals surface area contributed by atoms with Crippen molar-refractivity contribution in [2.75, 3.05) is 23.9 Å². The van der Waals surface area contributed by atoms with Crippen LogP contribution in [0.1, 0.15) is 0 Å². The molecule has 0 aliphatic rings. The van der Waals surface area contributed by atoms with Gasteiger partial charge in [-0.3, -0.25) is 0 Å². The van der Waals surface area contributed by atoms with Crippen LogP contribution in [-0.4, -0.2) is 28.8 Å². The van der Waals surface area contributed by atoms with E-state index < -0.39 is 0 Å². The van der Waals surface area contributed by atoms with Crippen LogP contribution < -0.4 is 5.32 Å². The lowest BCUT2D eigenvalue weighted by atomic mass is 10.2. The fourth-order valence-corrected chi connectivity index (χ4v) is 1.74. The quantitative estimate of drug-likeness (QED) is 0.801. The number of hydrogen-bond donors (Lipinski definition) is 1. The van der Waals surface area contributed by atoms with Crippen LogP contribution in [-0.2, 0) is 0 Å². The summed E-state index contributed by atoms with van der Waals surface area (Å²) < 4.78 is 0. The first kappa shape index (κ1) is 10.2. The van der Waals surface area contributed by atoms with Crippen LogP contribution in [0.25, 0.3) is 10.8 Å². The van der Waals surface area contributed by atoms with E-state index in [0.29, 0.717) is 0 Å². The third-order valence-corrected chi connectivity index (χ3v) is 2.78. The minimum absolute atomic E-state index is 0.877. The lowest BCUT2D eigenvalue weighted by Gasteiger charge is -2.06. The molecule has 15 heavy (non-hydrogen) atoms. The Hall–Kier alpha value is -1.29. The lowest BCUT2D eigenvalue weighted by Crippen LogP contribution is -2.06. The van der Waals surface area contributed by atoms with E-state index in [1.54, 1.807) is 6.20 Å².